The minimum atomic E-state index is -0.767. The van der Waals surface area contributed by atoms with E-state index in [4.69, 9.17) is 14.2 Å². The van der Waals surface area contributed by atoms with Gasteiger partial charge in [0.1, 0.15) is 13.2 Å². The van der Waals surface area contributed by atoms with Gasteiger partial charge in [0.15, 0.2) is 6.10 Å². The Hall–Kier alpha value is -2.37. The summed E-state index contributed by atoms with van der Waals surface area (Å²) < 4.78 is 16.9. The van der Waals surface area contributed by atoms with Crippen LogP contribution in [0.15, 0.2) is 36.5 Å². The summed E-state index contributed by atoms with van der Waals surface area (Å²) in [5.41, 5.74) is 0. The molecule has 0 spiro atoms. The highest BCUT2D eigenvalue weighted by Crippen LogP contribution is 2.18. The molecule has 0 heterocycles. The number of allylic oxidation sites excluding steroid dienone is 6. The second-order valence-electron chi connectivity index (χ2n) is 23.5. The van der Waals surface area contributed by atoms with Crippen LogP contribution in [0, 0.1) is 0 Å². The van der Waals surface area contributed by atoms with E-state index in [0.717, 1.165) is 70.6 Å². The van der Waals surface area contributed by atoms with E-state index in [1.54, 1.807) is 0 Å². The minimum Gasteiger partial charge on any atom is -0.462 e. The molecule has 6 heteroatoms. The molecule has 0 aliphatic carbocycles. The lowest BCUT2D eigenvalue weighted by atomic mass is 10.0. The van der Waals surface area contributed by atoms with Gasteiger partial charge in [-0.15, -0.1) is 0 Å². The first-order valence-electron chi connectivity index (χ1n) is 34.5. The number of hydrogen-bond donors (Lipinski definition) is 0. The SMILES string of the molecule is CCCCCCC/C=C\C/C=C\C/C=C\CCCCCCCCCCCCCCCCC(=O)OCC(COC(=O)CCCCCCCCC)OC(=O)CCCCCCCCCCCCCCCCCCCCCCCCC. The van der Waals surface area contributed by atoms with Crippen LogP contribution in [0.3, 0.4) is 0 Å². The summed E-state index contributed by atoms with van der Waals surface area (Å²) in [4.78, 5) is 38.1. The Balaban J connectivity index is 4.04. The molecule has 0 bridgehead atoms. The molecule has 1 unspecified atom stereocenters. The number of ether oxygens (including phenoxy) is 3. The number of hydrogen-bond acceptors (Lipinski definition) is 6. The van der Waals surface area contributed by atoms with Crippen LogP contribution in [-0.4, -0.2) is 37.2 Å². The molecule has 0 fully saturated rings. The molecule has 0 aromatic rings. The molecule has 0 rings (SSSR count). The van der Waals surface area contributed by atoms with Crippen molar-refractivity contribution >= 4 is 17.9 Å². The Morgan fingerprint density at radius 3 is 0.727 bits per heavy atom. The summed E-state index contributed by atoms with van der Waals surface area (Å²) in [6.45, 7) is 6.65. The molecule has 77 heavy (non-hydrogen) atoms. The van der Waals surface area contributed by atoms with E-state index in [2.05, 4.69) is 57.2 Å². The lowest BCUT2D eigenvalue weighted by Crippen LogP contribution is -2.30. The zero-order valence-corrected chi connectivity index (χ0v) is 52.0. The smallest absolute Gasteiger partial charge is 0.306 e. The second kappa shape index (κ2) is 66.1. The second-order valence-corrected chi connectivity index (χ2v) is 23.5. The molecule has 6 nitrogen and oxygen atoms in total. The summed E-state index contributed by atoms with van der Waals surface area (Å²) >= 11 is 0. The van der Waals surface area contributed by atoms with Crippen molar-refractivity contribution in [3.05, 3.63) is 36.5 Å². The fourth-order valence-electron chi connectivity index (χ4n) is 10.5. The van der Waals surface area contributed by atoms with Crippen LogP contribution in [-0.2, 0) is 28.6 Å². The van der Waals surface area contributed by atoms with Gasteiger partial charge >= 0.3 is 17.9 Å². The molecule has 1 atom stereocenters. The van der Waals surface area contributed by atoms with Crippen LogP contribution < -0.4 is 0 Å². The van der Waals surface area contributed by atoms with Gasteiger partial charge in [0.05, 0.1) is 0 Å². The van der Waals surface area contributed by atoms with Gasteiger partial charge in [0.25, 0.3) is 0 Å². The predicted molar refractivity (Wildman–Crippen MR) is 335 cm³/mol. The zero-order valence-electron chi connectivity index (χ0n) is 52.0. The van der Waals surface area contributed by atoms with Crippen molar-refractivity contribution in [1.82, 2.24) is 0 Å². The third-order valence-electron chi connectivity index (χ3n) is 15.6. The fourth-order valence-corrected chi connectivity index (χ4v) is 10.5. The number of carbonyl (C=O) groups excluding carboxylic acids is 3. The zero-order chi connectivity index (χ0) is 55.7. The van der Waals surface area contributed by atoms with E-state index < -0.39 is 6.10 Å². The van der Waals surface area contributed by atoms with E-state index >= 15 is 0 Å². The van der Waals surface area contributed by atoms with E-state index in [1.807, 2.05) is 0 Å². The van der Waals surface area contributed by atoms with Gasteiger partial charge in [-0.1, -0.05) is 340 Å². The maximum absolute atomic E-state index is 12.9. The van der Waals surface area contributed by atoms with E-state index in [-0.39, 0.29) is 31.1 Å². The van der Waals surface area contributed by atoms with Gasteiger partial charge in [-0.3, -0.25) is 14.4 Å². The monoisotopic (exact) mass is 1080 g/mol. The van der Waals surface area contributed by atoms with Gasteiger partial charge in [0.2, 0.25) is 0 Å². The molecular formula is C71H132O6. The standard InChI is InChI=1S/C71H132O6/c1-4-7-10-13-16-18-20-22-24-26-28-30-32-33-34-35-36-37-39-40-42-44-46-48-50-52-55-58-61-64-70(73)76-67-68(66-75-69(72)63-60-57-54-15-12-9-6-3)77-71(74)65-62-59-56-53-51-49-47-45-43-41-38-31-29-27-25-23-21-19-17-14-11-8-5-2/h20,22,26,28,32-33,68H,4-19,21,23-25,27,29-31,34-67H2,1-3H3/b22-20-,28-26-,33-32-. The van der Waals surface area contributed by atoms with Gasteiger partial charge in [-0.25, -0.2) is 0 Å². The largest absolute Gasteiger partial charge is 0.462 e. The van der Waals surface area contributed by atoms with Crippen LogP contribution >= 0.6 is 0 Å². The first kappa shape index (κ1) is 74.6. The Kier molecular flexibility index (Phi) is 64.1. The summed E-state index contributed by atoms with van der Waals surface area (Å²) in [7, 11) is 0. The quantitative estimate of drug-likeness (QED) is 0.0261. The Morgan fingerprint density at radius 2 is 0.468 bits per heavy atom. The maximum atomic E-state index is 12.9. The summed E-state index contributed by atoms with van der Waals surface area (Å²) in [6.07, 6.45) is 82.0. The van der Waals surface area contributed by atoms with Crippen molar-refractivity contribution < 1.29 is 28.6 Å². The highest BCUT2D eigenvalue weighted by atomic mass is 16.6. The van der Waals surface area contributed by atoms with Crippen molar-refractivity contribution in [3.8, 4) is 0 Å². The molecule has 0 aromatic carbocycles. The van der Waals surface area contributed by atoms with Crippen molar-refractivity contribution in [2.45, 2.75) is 386 Å². The van der Waals surface area contributed by atoms with Crippen LogP contribution in [0.25, 0.3) is 0 Å². The highest BCUT2D eigenvalue weighted by Gasteiger charge is 2.19. The third kappa shape index (κ3) is 64.3. The average Bonchev–Trinajstić information content (AvgIpc) is 3.43. The molecule has 0 aliphatic heterocycles. The molecule has 452 valence electrons. The van der Waals surface area contributed by atoms with Crippen molar-refractivity contribution in [1.29, 1.82) is 0 Å². The lowest BCUT2D eigenvalue weighted by molar-refractivity contribution is -0.167. The Bertz CT molecular complexity index is 1290. The topological polar surface area (TPSA) is 78.9 Å². The number of carbonyl (C=O) groups is 3. The van der Waals surface area contributed by atoms with E-state index in [0.29, 0.717) is 19.3 Å². The first-order valence-corrected chi connectivity index (χ1v) is 34.5. The highest BCUT2D eigenvalue weighted by molar-refractivity contribution is 5.71. The molecule has 0 N–H and O–H groups in total. The van der Waals surface area contributed by atoms with Gasteiger partial charge in [-0.05, 0) is 57.8 Å². The normalized spacial score (nSPS) is 12.2. The molecule has 0 radical (unpaired) electrons. The summed E-state index contributed by atoms with van der Waals surface area (Å²) in [5.74, 6) is -0.848. The Morgan fingerprint density at radius 1 is 0.260 bits per heavy atom. The van der Waals surface area contributed by atoms with Crippen LogP contribution in [0.4, 0.5) is 0 Å². The third-order valence-corrected chi connectivity index (χ3v) is 15.6. The number of esters is 3. The summed E-state index contributed by atoms with van der Waals surface area (Å²) in [6, 6.07) is 0. The molecule has 0 amide bonds. The van der Waals surface area contributed by atoms with Gasteiger partial charge in [-0.2, -0.15) is 0 Å². The maximum Gasteiger partial charge on any atom is 0.306 e. The van der Waals surface area contributed by atoms with Crippen LogP contribution in [0.5, 0.6) is 0 Å². The first-order chi connectivity index (χ1) is 38.0. The molecule has 0 saturated carbocycles. The van der Waals surface area contributed by atoms with Crippen LogP contribution in [0.1, 0.15) is 380 Å². The number of unbranched alkanes of at least 4 members (excludes halogenated alkanes) is 47. The lowest BCUT2D eigenvalue weighted by Gasteiger charge is -2.18. The van der Waals surface area contributed by atoms with Crippen LogP contribution in [0.2, 0.25) is 0 Å². The molecular weight excluding hydrogens is 949 g/mol. The minimum absolute atomic E-state index is 0.0669. The molecule has 0 aliphatic rings. The van der Waals surface area contributed by atoms with Gasteiger partial charge < -0.3 is 14.2 Å². The van der Waals surface area contributed by atoms with Crippen molar-refractivity contribution in [2.24, 2.45) is 0 Å². The molecule has 0 saturated heterocycles. The predicted octanol–water partition coefficient (Wildman–Crippen LogP) is 23.6. The van der Waals surface area contributed by atoms with Crippen molar-refractivity contribution in [2.75, 3.05) is 13.2 Å². The van der Waals surface area contributed by atoms with E-state index in [1.165, 1.54) is 270 Å². The van der Waals surface area contributed by atoms with Gasteiger partial charge in [0, 0.05) is 19.3 Å². The average molecular weight is 1080 g/mol. The number of rotatable bonds is 64. The molecule has 0 aromatic heterocycles. The fraction of sp³-hybridized carbons (Fsp3) is 0.873. The van der Waals surface area contributed by atoms with E-state index in [9.17, 15) is 14.4 Å². The summed E-state index contributed by atoms with van der Waals surface area (Å²) in [5, 5.41) is 0. The Labute approximate surface area is 480 Å². The van der Waals surface area contributed by atoms with Crippen molar-refractivity contribution in [3.63, 3.8) is 0 Å².